The van der Waals surface area contributed by atoms with Crippen molar-refractivity contribution in [3.8, 4) is 5.75 Å². The number of benzene rings is 1. The van der Waals surface area contributed by atoms with Crippen LogP contribution in [0.4, 0.5) is 5.69 Å². The van der Waals surface area contributed by atoms with E-state index in [0.29, 0.717) is 18.2 Å². The number of nitrogens with zero attached hydrogens (tertiary/aromatic N) is 4. The van der Waals surface area contributed by atoms with Gasteiger partial charge >= 0.3 is 0 Å². The van der Waals surface area contributed by atoms with Gasteiger partial charge in [0.05, 0.1) is 18.1 Å². The molecule has 0 fully saturated rings. The average Bonchev–Trinajstić information content (AvgIpc) is 3.27. The number of carbonyl (C=O) groups excluding carboxylic acids is 1. The number of hydrogen-bond acceptors (Lipinski definition) is 5. The summed E-state index contributed by atoms with van der Waals surface area (Å²) in [5.41, 5.74) is 2.74. The molecule has 2 heterocycles. The first-order valence-electron chi connectivity index (χ1n) is 8.22. The summed E-state index contributed by atoms with van der Waals surface area (Å²) in [5.74, 6) is 0.366. The fraction of sp³-hybridized carbons (Fsp3) is 0.278. The van der Waals surface area contributed by atoms with Gasteiger partial charge < -0.3 is 14.8 Å². The number of halogens is 1. The highest BCUT2D eigenvalue weighted by molar-refractivity contribution is 6.32. The Kier molecular flexibility index (Phi) is 5.78. The zero-order chi connectivity index (χ0) is 19.4. The molecule has 0 aliphatic heterocycles. The molecule has 0 bridgehead atoms. The van der Waals surface area contributed by atoms with Crippen molar-refractivity contribution in [2.75, 3.05) is 12.4 Å². The van der Waals surface area contributed by atoms with Gasteiger partial charge in [0.15, 0.2) is 12.4 Å². The molecule has 1 N–H and O–H groups in total. The highest BCUT2D eigenvalue weighted by Crippen LogP contribution is 2.26. The van der Waals surface area contributed by atoms with Crippen LogP contribution in [0.25, 0.3) is 0 Å². The first-order chi connectivity index (χ1) is 13.0. The van der Waals surface area contributed by atoms with Crippen LogP contribution in [0, 0.1) is 13.8 Å². The van der Waals surface area contributed by atoms with Crippen LogP contribution in [0.5, 0.6) is 5.75 Å². The third-order valence-electron chi connectivity index (χ3n) is 3.80. The van der Waals surface area contributed by atoms with E-state index in [1.807, 2.05) is 26.0 Å². The topological polar surface area (TPSA) is 83.2 Å². The standard InChI is InChI=1S/C18H20ClN5O3/c1-12-6-15(7-13(2)17(12)19)27-11-23-5-4-16(22-23)18(25)21-14-8-20-24(9-14)10-26-3/h4-9H,10-11H2,1-3H3,(H,21,25). The Balaban J connectivity index is 1.59. The van der Waals surface area contributed by atoms with E-state index in [9.17, 15) is 4.79 Å². The zero-order valence-electron chi connectivity index (χ0n) is 15.3. The van der Waals surface area contributed by atoms with Crippen LogP contribution < -0.4 is 10.1 Å². The number of aryl methyl sites for hydroxylation is 2. The van der Waals surface area contributed by atoms with Gasteiger partial charge in [-0.05, 0) is 43.2 Å². The third-order valence-corrected chi connectivity index (χ3v) is 4.40. The molecule has 0 aliphatic rings. The minimum absolute atomic E-state index is 0.180. The summed E-state index contributed by atoms with van der Waals surface area (Å²) in [4.78, 5) is 12.3. The van der Waals surface area contributed by atoms with E-state index in [0.717, 1.165) is 16.1 Å². The maximum Gasteiger partial charge on any atom is 0.276 e. The van der Waals surface area contributed by atoms with Crippen LogP contribution >= 0.6 is 11.6 Å². The van der Waals surface area contributed by atoms with Gasteiger partial charge in [0.1, 0.15) is 12.5 Å². The summed E-state index contributed by atoms with van der Waals surface area (Å²) in [7, 11) is 1.57. The molecule has 3 rings (SSSR count). The van der Waals surface area contributed by atoms with Gasteiger partial charge in [0.2, 0.25) is 0 Å². The molecule has 2 aromatic heterocycles. The Labute approximate surface area is 161 Å². The predicted octanol–water partition coefficient (Wildman–Crippen LogP) is 3.24. The average molecular weight is 390 g/mol. The molecule has 0 saturated heterocycles. The van der Waals surface area contributed by atoms with E-state index in [1.165, 1.54) is 0 Å². The lowest BCUT2D eigenvalue weighted by Crippen LogP contribution is -2.14. The van der Waals surface area contributed by atoms with Gasteiger partial charge in [0, 0.05) is 18.3 Å². The number of hydrogen-bond donors (Lipinski definition) is 1. The summed E-state index contributed by atoms with van der Waals surface area (Å²) in [5, 5.41) is 11.8. The Hall–Kier alpha value is -2.84. The second-order valence-corrected chi connectivity index (χ2v) is 6.40. The van der Waals surface area contributed by atoms with Gasteiger partial charge in [-0.3, -0.25) is 4.79 Å². The number of ether oxygens (including phenoxy) is 2. The molecule has 9 heteroatoms. The van der Waals surface area contributed by atoms with Crippen LogP contribution in [0.15, 0.2) is 36.8 Å². The highest BCUT2D eigenvalue weighted by atomic mass is 35.5. The van der Waals surface area contributed by atoms with E-state index in [2.05, 4.69) is 15.5 Å². The largest absolute Gasteiger partial charge is 0.471 e. The first kappa shape index (κ1) is 18.9. The first-order valence-corrected chi connectivity index (χ1v) is 8.60. The Morgan fingerprint density at radius 3 is 2.67 bits per heavy atom. The number of anilines is 1. The number of rotatable bonds is 7. The molecule has 0 aliphatic carbocycles. The van der Waals surface area contributed by atoms with Crippen molar-refractivity contribution in [3.05, 3.63) is 58.6 Å². The fourth-order valence-electron chi connectivity index (χ4n) is 2.51. The van der Waals surface area contributed by atoms with Crippen molar-refractivity contribution in [1.82, 2.24) is 19.6 Å². The smallest absolute Gasteiger partial charge is 0.276 e. The van der Waals surface area contributed by atoms with Crippen molar-refractivity contribution in [1.29, 1.82) is 0 Å². The molecular weight excluding hydrogens is 370 g/mol. The second-order valence-electron chi connectivity index (χ2n) is 6.03. The zero-order valence-corrected chi connectivity index (χ0v) is 16.0. The van der Waals surface area contributed by atoms with Crippen LogP contribution in [0.1, 0.15) is 21.6 Å². The van der Waals surface area contributed by atoms with Gasteiger partial charge in [-0.1, -0.05) is 11.6 Å². The molecule has 0 radical (unpaired) electrons. The Morgan fingerprint density at radius 2 is 1.96 bits per heavy atom. The Bertz CT molecular complexity index is 927. The number of nitrogens with one attached hydrogen (secondary N) is 1. The maximum absolute atomic E-state index is 12.3. The summed E-state index contributed by atoms with van der Waals surface area (Å²) < 4.78 is 13.8. The summed E-state index contributed by atoms with van der Waals surface area (Å²) in [6.07, 6.45) is 4.90. The van der Waals surface area contributed by atoms with Crippen molar-refractivity contribution in [2.45, 2.75) is 27.3 Å². The minimum atomic E-state index is -0.330. The Morgan fingerprint density at radius 1 is 1.22 bits per heavy atom. The van der Waals surface area contributed by atoms with E-state index < -0.39 is 0 Å². The summed E-state index contributed by atoms with van der Waals surface area (Å²) >= 11 is 6.16. The molecular formula is C18H20ClN5O3. The summed E-state index contributed by atoms with van der Waals surface area (Å²) in [6.45, 7) is 4.34. The molecule has 142 valence electrons. The lowest BCUT2D eigenvalue weighted by molar-refractivity contribution is 0.102. The normalized spacial score (nSPS) is 10.8. The van der Waals surface area contributed by atoms with E-state index in [-0.39, 0.29) is 18.3 Å². The molecule has 27 heavy (non-hydrogen) atoms. The number of amides is 1. The second kappa shape index (κ2) is 8.24. The predicted molar refractivity (Wildman–Crippen MR) is 101 cm³/mol. The quantitative estimate of drug-likeness (QED) is 0.670. The van der Waals surface area contributed by atoms with Crippen molar-refractivity contribution in [2.24, 2.45) is 0 Å². The van der Waals surface area contributed by atoms with Crippen LogP contribution in [0.3, 0.4) is 0 Å². The molecule has 8 nitrogen and oxygen atoms in total. The number of carbonyl (C=O) groups is 1. The van der Waals surface area contributed by atoms with Gasteiger partial charge in [-0.2, -0.15) is 10.2 Å². The SMILES string of the molecule is COCn1cc(NC(=O)c2ccn(COc3cc(C)c(Cl)c(C)c3)n2)cn1. The molecule has 1 aromatic carbocycles. The molecule has 0 unspecified atom stereocenters. The maximum atomic E-state index is 12.3. The number of aromatic nitrogens is 4. The van der Waals surface area contributed by atoms with Crippen molar-refractivity contribution >= 4 is 23.2 Å². The molecule has 0 saturated carbocycles. The van der Waals surface area contributed by atoms with Crippen molar-refractivity contribution < 1.29 is 14.3 Å². The van der Waals surface area contributed by atoms with Crippen LogP contribution in [-0.2, 0) is 18.2 Å². The monoisotopic (exact) mass is 389 g/mol. The third kappa shape index (κ3) is 4.66. The highest BCUT2D eigenvalue weighted by Gasteiger charge is 2.11. The minimum Gasteiger partial charge on any atom is -0.471 e. The molecule has 3 aromatic rings. The lowest BCUT2D eigenvalue weighted by Gasteiger charge is -2.10. The van der Waals surface area contributed by atoms with Gasteiger partial charge in [0.25, 0.3) is 5.91 Å². The molecule has 1 amide bonds. The van der Waals surface area contributed by atoms with Gasteiger partial charge in [-0.25, -0.2) is 9.36 Å². The fourth-order valence-corrected chi connectivity index (χ4v) is 2.62. The van der Waals surface area contributed by atoms with Crippen LogP contribution in [-0.4, -0.2) is 32.6 Å². The van der Waals surface area contributed by atoms with Crippen LogP contribution in [0.2, 0.25) is 5.02 Å². The summed E-state index contributed by atoms with van der Waals surface area (Å²) in [6, 6.07) is 5.35. The molecule has 0 spiro atoms. The van der Waals surface area contributed by atoms with Crippen molar-refractivity contribution in [3.63, 3.8) is 0 Å². The molecule has 0 atom stereocenters. The van der Waals surface area contributed by atoms with E-state index >= 15 is 0 Å². The lowest BCUT2D eigenvalue weighted by atomic mass is 10.1. The number of methoxy groups -OCH3 is 1. The van der Waals surface area contributed by atoms with E-state index in [1.54, 1.807) is 41.1 Å². The van der Waals surface area contributed by atoms with Gasteiger partial charge in [-0.15, -0.1) is 0 Å². The van der Waals surface area contributed by atoms with E-state index in [4.69, 9.17) is 21.1 Å².